The summed E-state index contributed by atoms with van der Waals surface area (Å²) < 4.78 is 10.6. The molecule has 1 heterocycles. The largest absolute Gasteiger partial charge is 0.493 e. The number of anilines is 2. The zero-order chi connectivity index (χ0) is 13.1. The van der Waals surface area contributed by atoms with Crippen LogP contribution in [-0.4, -0.2) is 24.2 Å². The molecule has 0 spiro atoms. The van der Waals surface area contributed by atoms with Gasteiger partial charge in [-0.1, -0.05) is 6.07 Å². The second kappa shape index (κ2) is 4.79. The average Bonchev–Trinajstić information content (AvgIpc) is 2.36. The van der Waals surface area contributed by atoms with Crippen molar-refractivity contribution in [1.82, 2.24) is 9.97 Å². The van der Waals surface area contributed by atoms with Gasteiger partial charge in [-0.15, -0.1) is 0 Å². The molecular weight excluding hydrogens is 232 g/mol. The lowest BCUT2D eigenvalue weighted by atomic mass is 10.1. The lowest BCUT2D eigenvalue weighted by molar-refractivity contribution is 0.356. The van der Waals surface area contributed by atoms with E-state index < -0.39 is 0 Å². The number of hydrogen-bond acceptors (Lipinski definition) is 6. The molecule has 0 bridgehead atoms. The monoisotopic (exact) mass is 246 g/mol. The molecule has 0 radical (unpaired) electrons. The molecule has 1 aromatic carbocycles. The quantitative estimate of drug-likeness (QED) is 0.848. The second-order valence-electron chi connectivity index (χ2n) is 3.58. The number of hydrogen-bond donors (Lipinski definition) is 2. The SMILES string of the molecule is COc1cccc(-c2cc(N)nc(N)n2)c1OC. The van der Waals surface area contributed by atoms with Gasteiger partial charge >= 0.3 is 0 Å². The molecule has 0 atom stereocenters. The van der Waals surface area contributed by atoms with Gasteiger partial charge in [0.15, 0.2) is 11.5 Å². The predicted octanol–water partition coefficient (Wildman–Crippen LogP) is 1.33. The van der Waals surface area contributed by atoms with Crippen molar-refractivity contribution in [3.8, 4) is 22.8 Å². The highest BCUT2D eigenvalue weighted by atomic mass is 16.5. The lowest BCUT2D eigenvalue weighted by Gasteiger charge is -2.12. The van der Waals surface area contributed by atoms with Crippen molar-refractivity contribution in [2.75, 3.05) is 25.7 Å². The molecule has 1 aromatic heterocycles. The molecule has 0 fully saturated rings. The van der Waals surface area contributed by atoms with Crippen LogP contribution in [0, 0.1) is 0 Å². The molecule has 2 rings (SSSR count). The summed E-state index contributed by atoms with van der Waals surface area (Å²) in [5.41, 5.74) is 12.6. The summed E-state index contributed by atoms with van der Waals surface area (Å²) in [5, 5.41) is 0. The highest BCUT2D eigenvalue weighted by molar-refractivity contribution is 5.73. The minimum absolute atomic E-state index is 0.120. The molecule has 0 amide bonds. The molecule has 0 saturated heterocycles. The number of aromatic nitrogens is 2. The van der Waals surface area contributed by atoms with E-state index in [9.17, 15) is 0 Å². The Hall–Kier alpha value is -2.50. The van der Waals surface area contributed by atoms with Crippen LogP contribution in [0.15, 0.2) is 24.3 Å². The number of nitrogens with zero attached hydrogens (tertiary/aromatic N) is 2. The van der Waals surface area contributed by atoms with Gasteiger partial charge in [0.25, 0.3) is 0 Å². The van der Waals surface area contributed by atoms with E-state index in [1.54, 1.807) is 26.4 Å². The van der Waals surface area contributed by atoms with E-state index in [0.717, 1.165) is 5.56 Å². The minimum Gasteiger partial charge on any atom is -0.493 e. The van der Waals surface area contributed by atoms with E-state index >= 15 is 0 Å². The first kappa shape index (κ1) is 12.0. The van der Waals surface area contributed by atoms with E-state index in [1.165, 1.54) is 0 Å². The van der Waals surface area contributed by atoms with Crippen molar-refractivity contribution in [2.24, 2.45) is 0 Å². The van der Waals surface area contributed by atoms with Gasteiger partial charge in [-0.05, 0) is 12.1 Å². The summed E-state index contributed by atoms with van der Waals surface area (Å²) in [7, 11) is 3.14. The summed E-state index contributed by atoms with van der Waals surface area (Å²) in [6.45, 7) is 0. The van der Waals surface area contributed by atoms with Crippen LogP contribution < -0.4 is 20.9 Å². The van der Waals surface area contributed by atoms with E-state index in [0.29, 0.717) is 23.0 Å². The first-order valence-corrected chi connectivity index (χ1v) is 5.27. The van der Waals surface area contributed by atoms with Crippen molar-refractivity contribution >= 4 is 11.8 Å². The maximum atomic E-state index is 5.66. The number of methoxy groups -OCH3 is 2. The average molecular weight is 246 g/mol. The first-order valence-electron chi connectivity index (χ1n) is 5.27. The Morgan fingerprint density at radius 1 is 1.06 bits per heavy atom. The van der Waals surface area contributed by atoms with Crippen LogP contribution >= 0.6 is 0 Å². The van der Waals surface area contributed by atoms with Crippen LogP contribution in [-0.2, 0) is 0 Å². The van der Waals surface area contributed by atoms with Crippen molar-refractivity contribution in [3.63, 3.8) is 0 Å². The van der Waals surface area contributed by atoms with Crippen molar-refractivity contribution < 1.29 is 9.47 Å². The zero-order valence-electron chi connectivity index (χ0n) is 10.2. The van der Waals surface area contributed by atoms with Crippen LogP contribution in [0.3, 0.4) is 0 Å². The number of rotatable bonds is 3. The summed E-state index contributed by atoms with van der Waals surface area (Å²) in [4.78, 5) is 7.97. The number of nitrogen functional groups attached to an aromatic ring is 2. The van der Waals surface area contributed by atoms with Crippen molar-refractivity contribution in [2.45, 2.75) is 0 Å². The van der Waals surface area contributed by atoms with Crippen LogP contribution in [0.1, 0.15) is 0 Å². The van der Waals surface area contributed by atoms with Gasteiger partial charge in [-0.2, -0.15) is 4.98 Å². The Morgan fingerprint density at radius 2 is 1.83 bits per heavy atom. The van der Waals surface area contributed by atoms with Gasteiger partial charge in [0.2, 0.25) is 5.95 Å². The first-order chi connectivity index (χ1) is 8.65. The van der Waals surface area contributed by atoms with E-state index in [4.69, 9.17) is 20.9 Å². The third-order valence-corrected chi connectivity index (χ3v) is 2.44. The maximum Gasteiger partial charge on any atom is 0.222 e. The number of benzene rings is 1. The van der Waals surface area contributed by atoms with Gasteiger partial charge in [0.1, 0.15) is 5.82 Å². The second-order valence-corrected chi connectivity index (χ2v) is 3.58. The van der Waals surface area contributed by atoms with Crippen LogP contribution in [0.2, 0.25) is 0 Å². The van der Waals surface area contributed by atoms with E-state index in [2.05, 4.69) is 9.97 Å². The fraction of sp³-hybridized carbons (Fsp3) is 0.167. The highest BCUT2D eigenvalue weighted by Crippen LogP contribution is 2.37. The normalized spacial score (nSPS) is 10.1. The molecule has 0 aliphatic heterocycles. The molecule has 0 aliphatic rings. The molecule has 6 nitrogen and oxygen atoms in total. The Balaban J connectivity index is 2.63. The lowest BCUT2D eigenvalue weighted by Crippen LogP contribution is -2.01. The Labute approximate surface area is 105 Å². The predicted molar refractivity (Wildman–Crippen MR) is 69.4 cm³/mol. The molecule has 0 aliphatic carbocycles. The number of nitrogens with two attached hydrogens (primary N) is 2. The minimum atomic E-state index is 0.120. The van der Waals surface area contributed by atoms with Gasteiger partial charge in [0, 0.05) is 11.6 Å². The molecular formula is C12H14N4O2. The van der Waals surface area contributed by atoms with Gasteiger partial charge in [-0.3, -0.25) is 0 Å². The molecule has 18 heavy (non-hydrogen) atoms. The molecule has 2 aromatic rings. The van der Waals surface area contributed by atoms with Gasteiger partial charge in [0.05, 0.1) is 19.9 Å². The summed E-state index contributed by atoms with van der Waals surface area (Å²) >= 11 is 0. The van der Waals surface area contributed by atoms with Crippen LogP contribution in [0.25, 0.3) is 11.3 Å². The fourth-order valence-electron chi connectivity index (χ4n) is 1.71. The summed E-state index contributed by atoms with van der Waals surface area (Å²) in [6, 6.07) is 7.12. The topological polar surface area (TPSA) is 96.3 Å². The van der Waals surface area contributed by atoms with Crippen LogP contribution in [0.5, 0.6) is 11.5 Å². The fourth-order valence-corrected chi connectivity index (χ4v) is 1.71. The van der Waals surface area contributed by atoms with Crippen LogP contribution in [0.4, 0.5) is 11.8 Å². The van der Waals surface area contributed by atoms with Gasteiger partial charge in [-0.25, -0.2) is 4.98 Å². The molecule has 0 unspecified atom stereocenters. The highest BCUT2D eigenvalue weighted by Gasteiger charge is 2.13. The Morgan fingerprint density at radius 3 is 2.44 bits per heavy atom. The van der Waals surface area contributed by atoms with Crippen molar-refractivity contribution in [1.29, 1.82) is 0 Å². The molecule has 94 valence electrons. The van der Waals surface area contributed by atoms with E-state index in [1.807, 2.05) is 12.1 Å². The third kappa shape index (κ3) is 2.13. The molecule has 6 heteroatoms. The van der Waals surface area contributed by atoms with E-state index in [-0.39, 0.29) is 5.95 Å². The summed E-state index contributed by atoms with van der Waals surface area (Å²) in [6.07, 6.45) is 0. The maximum absolute atomic E-state index is 5.66. The number of ether oxygens (including phenoxy) is 2. The smallest absolute Gasteiger partial charge is 0.222 e. The number of para-hydroxylation sites is 1. The van der Waals surface area contributed by atoms with Gasteiger partial charge < -0.3 is 20.9 Å². The molecule has 0 saturated carbocycles. The summed E-state index contributed by atoms with van der Waals surface area (Å²) in [5.74, 6) is 1.63. The Kier molecular flexibility index (Phi) is 3.18. The van der Waals surface area contributed by atoms with Crippen molar-refractivity contribution in [3.05, 3.63) is 24.3 Å². The third-order valence-electron chi connectivity index (χ3n) is 2.44. The zero-order valence-corrected chi connectivity index (χ0v) is 10.2. The Bertz CT molecular complexity index is 552. The molecule has 4 N–H and O–H groups in total. The standard InChI is InChI=1S/C12H14N4O2/c1-17-9-5-3-4-7(11(9)18-2)8-6-10(13)16-12(14)15-8/h3-6H,1-2H3,(H4,13,14,15,16).